The van der Waals surface area contributed by atoms with Crippen molar-refractivity contribution >= 4 is 31.7 Å². The van der Waals surface area contributed by atoms with Gasteiger partial charge in [-0.25, -0.2) is 8.42 Å². The van der Waals surface area contributed by atoms with Crippen LogP contribution in [-0.4, -0.2) is 39.5 Å². The van der Waals surface area contributed by atoms with Gasteiger partial charge in [-0.1, -0.05) is 15.9 Å². The van der Waals surface area contributed by atoms with E-state index in [1.54, 1.807) is 12.1 Å². The number of esters is 1. The lowest BCUT2D eigenvalue weighted by Gasteiger charge is -2.33. The first kappa shape index (κ1) is 15.5. The molecule has 1 aromatic rings. The molecule has 2 rings (SSSR count). The zero-order chi connectivity index (χ0) is 14.8. The van der Waals surface area contributed by atoms with Crippen LogP contribution in [0, 0.1) is 0 Å². The number of halogens is 1. The SMILES string of the molecule is COC(=O)C1(S(=O)(=O)c2ccc(Br)cc2)CCOCC1. The molecule has 1 aliphatic rings. The number of carbonyl (C=O) groups excluding carboxylic acids is 1. The van der Waals surface area contributed by atoms with Gasteiger partial charge in [-0.15, -0.1) is 0 Å². The van der Waals surface area contributed by atoms with E-state index >= 15 is 0 Å². The van der Waals surface area contributed by atoms with Crippen LogP contribution in [0.25, 0.3) is 0 Å². The molecule has 0 saturated carbocycles. The molecule has 110 valence electrons. The van der Waals surface area contributed by atoms with Gasteiger partial charge >= 0.3 is 5.97 Å². The van der Waals surface area contributed by atoms with Gasteiger partial charge in [0.05, 0.1) is 12.0 Å². The summed E-state index contributed by atoms with van der Waals surface area (Å²) in [5.41, 5.74) is 0. The lowest BCUT2D eigenvalue weighted by atomic mass is 9.99. The molecule has 0 spiro atoms. The summed E-state index contributed by atoms with van der Waals surface area (Å²) < 4.78 is 34.9. The number of hydrogen-bond donors (Lipinski definition) is 0. The highest BCUT2D eigenvalue weighted by atomic mass is 79.9. The second kappa shape index (κ2) is 5.83. The third-order valence-corrected chi connectivity index (χ3v) is 6.52. The number of rotatable bonds is 3. The Balaban J connectivity index is 2.52. The maximum atomic E-state index is 12.8. The molecule has 0 unspecified atom stereocenters. The molecule has 1 saturated heterocycles. The molecule has 5 nitrogen and oxygen atoms in total. The van der Waals surface area contributed by atoms with Gasteiger partial charge in [-0.2, -0.15) is 0 Å². The lowest BCUT2D eigenvalue weighted by molar-refractivity contribution is -0.146. The van der Waals surface area contributed by atoms with Crippen LogP contribution in [0.1, 0.15) is 12.8 Å². The minimum Gasteiger partial charge on any atom is -0.468 e. The second-order valence-corrected chi connectivity index (χ2v) is 7.73. The van der Waals surface area contributed by atoms with Gasteiger partial charge in [-0.3, -0.25) is 4.79 Å². The van der Waals surface area contributed by atoms with Crippen LogP contribution in [0.5, 0.6) is 0 Å². The van der Waals surface area contributed by atoms with E-state index in [-0.39, 0.29) is 31.0 Å². The first-order valence-electron chi connectivity index (χ1n) is 6.10. The van der Waals surface area contributed by atoms with Gasteiger partial charge in [0, 0.05) is 30.5 Å². The molecule has 0 bridgehead atoms. The van der Waals surface area contributed by atoms with Crippen molar-refractivity contribution in [3.8, 4) is 0 Å². The zero-order valence-corrected chi connectivity index (χ0v) is 13.4. The summed E-state index contributed by atoms with van der Waals surface area (Å²) in [6.07, 6.45) is 0.218. The van der Waals surface area contributed by atoms with Crippen LogP contribution in [0.2, 0.25) is 0 Å². The van der Waals surface area contributed by atoms with Crippen molar-refractivity contribution in [1.82, 2.24) is 0 Å². The average molecular weight is 363 g/mol. The fourth-order valence-electron chi connectivity index (χ4n) is 2.31. The summed E-state index contributed by atoms with van der Waals surface area (Å²) >= 11 is 3.26. The Labute approximate surface area is 126 Å². The average Bonchev–Trinajstić information content (AvgIpc) is 2.47. The van der Waals surface area contributed by atoms with E-state index in [1.165, 1.54) is 19.2 Å². The predicted molar refractivity (Wildman–Crippen MR) is 76.1 cm³/mol. The quantitative estimate of drug-likeness (QED) is 0.768. The Morgan fingerprint density at radius 2 is 1.80 bits per heavy atom. The van der Waals surface area contributed by atoms with Crippen molar-refractivity contribution in [3.05, 3.63) is 28.7 Å². The molecular weight excluding hydrogens is 348 g/mol. The maximum absolute atomic E-state index is 12.8. The smallest absolute Gasteiger partial charge is 0.327 e. The number of carbonyl (C=O) groups is 1. The molecule has 20 heavy (non-hydrogen) atoms. The molecule has 0 aromatic heterocycles. The van der Waals surface area contributed by atoms with Gasteiger partial charge in [-0.05, 0) is 24.3 Å². The standard InChI is InChI=1S/C13H15BrO5S/c1-18-12(15)13(6-8-19-9-7-13)20(16,17)11-4-2-10(14)3-5-11/h2-5H,6-9H2,1H3. The monoisotopic (exact) mass is 362 g/mol. The third-order valence-electron chi connectivity index (χ3n) is 3.50. The highest BCUT2D eigenvalue weighted by molar-refractivity contribution is 9.10. The van der Waals surface area contributed by atoms with Gasteiger partial charge in [0.25, 0.3) is 0 Å². The van der Waals surface area contributed by atoms with Crippen molar-refractivity contribution in [1.29, 1.82) is 0 Å². The summed E-state index contributed by atoms with van der Waals surface area (Å²) in [5, 5.41) is 0. The van der Waals surface area contributed by atoms with Crippen LogP contribution < -0.4 is 0 Å². The summed E-state index contributed by atoms with van der Waals surface area (Å²) in [7, 11) is -2.62. The summed E-state index contributed by atoms with van der Waals surface area (Å²) in [6, 6.07) is 6.24. The Bertz CT molecular complexity index is 588. The van der Waals surface area contributed by atoms with E-state index in [9.17, 15) is 13.2 Å². The Kier molecular flexibility index (Phi) is 4.51. The van der Waals surface area contributed by atoms with Crippen molar-refractivity contribution in [2.24, 2.45) is 0 Å². The largest absolute Gasteiger partial charge is 0.468 e. The van der Waals surface area contributed by atoms with Crippen LogP contribution in [0.15, 0.2) is 33.6 Å². The number of ether oxygens (including phenoxy) is 2. The summed E-state index contributed by atoms with van der Waals surface area (Å²) in [6.45, 7) is 0.454. The minimum absolute atomic E-state index is 0.109. The van der Waals surface area contributed by atoms with Gasteiger partial charge < -0.3 is 9.47 Å². The molecule has 0 atom stereocenters. The van der Waals surface area contributed by atoms with Gasteiger partial charge in [0.15, 0.2) is 14.6 Å². The highest BCUT2D eigenvalue weighted by Crippen LogP contribution is 2.36. The third kappa shape index (κ3) is 2.49. The van der Waals surface area contributed by atoms with Gasteiger partial charge in [0.1, 0.15) is 0 Å². The van der Waals surface area contributed by atoms with Crippen molar-refractivity contribution < 1.29 is 22.7 Å². The van der Waals surface area contributed by atoms with E-state index in [4.69, 9.17) is 9.47 Å². The molecule has 0 radical (unpaired) electrons. The number of benzene rings is 1. The molecule has 1 fully saturated rings. The maximum Gasteiger partial charge on any atom is 0.327 e. The van der Waals surface area contributed by atoms with E-state index in [0.717, 1.165) is 4.47 Å². The fraction of sp³-hybridized carbons (Fsp3) is 0.462. The highest BCUT2D eigenvalue weighted by Gasteiger charge is 2.53. The van der Waals surface area contributed by atoms with E-state index in [2.05, 4.69) is 15.9 Å². The molecule has 1 aliphatic heterocycles. The predicted octanol–water partition coefficient (Wildman–Crippen LogP) is 1.94. The van der Waals surface area contributed by atoms with Crippen LogP contribution in [0.4, 0.5) is 0 Å². The van der Waals surface area contributed by atoms with Crippen molar-refractivity contribution in [3.63, 3.8) is 0 Å². The van der Waals surface area contributed by atoms with Crippen LogP contribution in [-0.2, 0) is 24.1 Å². The lowest BCUT2D eigenvalue weighted by Crippen LogP contribution is -2.51. The number of methoxy groups -OCH3 is 1. The summed E-state index contributed by atoms with van der Waals surface area (Å²) in [5.74, 6) is -0.719. The Hall–Kier alpha value is -0.920. The molecule has 0 amide bonds. The summed E-state index contributed by atoms with van der Waals surface area (Å²) in [4.78, 5) is 12.2. The first-order chi connectivity index (χ1) is 9.44. The number of sulfone groups is 1. The van der Waals surface area contributed by atoms with Crippen LogP contribution >= 0.6 is 15.9 Å². The van der Waals surface area contributed by atoms with Crippen molar-refractivity contribution in [2.75, 3.05) is 20.3 Å². The topological polar surface area (TPSA) is 69.7 Å². The number of hydrogen-bond acceptors (Lipinski definition) is 5. The molecule has 1 heterocycles. The molecule has 0 aliphatic carbocycles. The molecule has 1 aromatic carbocycles. The Morgan fingerprint density at radius 3 is 2.30 bits per heavy atom. The van der Waals surface area contributed by atoms with Crippen LogP contribution in [0.3, 0.4) is 0 Å². The van der Waals surface area contributed by atoms with Crippen molar-refractivity contribution in [2.45, 2.75) is 22.5 Å². The molecular formula is C13H15BrO5S. The fourth-order valence-corrected chi connectivity index (χ4v) is 4.53. The molecule has 7 heteroatoms. The van der Waals surface area contributed by atoms with E-state index in [0.29, 0.717) is 0 Å². The van der Waals surface area contributed by atoms with Gasteiger partial charge in [0.2, 0.25) is 0 Å². The second-order valence-electron chi connectivity index (χ2n) is 4.56. The minimum atomic E-state index is -3.83. The first-order valence-corrected chi connectivity index (χ1v) is 8.38. The van der Waals surface area contributed by atoms with E-state index in [1.807, 2.05) is 0 Å². The zero-order valence-electron chi connectivity index (χ0n) is 11.0. The molecule has 0 N–H and O–H groups in total. The normalized spacial score (nSPS) is 18.5. The van der Waals surface area contributed by atoms with E-state index < -0.39 is 20.6 Å². The Morgan fingerprint density at radius 1 is 1.25 bits per heavy atom.